The molecule has 0 saturated heterocycles. The van der Waals surface area contributed by atoms with E-state index >= 15 is 0 Å². The molecule has 1 N–H and O–H groups in total. The Morgan fingerprint density at radius 2 is 1.72 bits per heavy atom. The summed E-state index contributed by atoms with van der Waals surface area (Å²) in [6, 6.07) is 12.1. The highest BCUT2D eigenvalue weighted by Gasteiger charge is 2.33. The van der Waals surface area contributed by atoms with Crippen LogP contribution in [0.4, 0.5) is 5.88 Å². The fourth-order valence-corrected chi connectivity index (χ4v) is 6.37. The van der Waals surface area contributed by atoms with Gasteiger partial charge >= 0.3 is 0 Å². The van der Waals surface area contributed by atoms with E-state index in [9.17, 15) is 21.9 Å². The molecule has 214 valence electrons. The van der Waals surface area contributed by atoms with Gasteiger partial charge in [-0.2, -0.15) is 8.42 Å². The molecule has 0 fully saturated rings. The Hall–Kier alpha value is -2.55. The Labute approximate surface area is 231 Å². The number of ether oxygens (including phenoxy) is 1. The zero-order chi connectivity index (χ0) is 29.0. The van der Waals surface area contributed by atoms with Crippen molar-refractivity contribution in [3.05, 3.63) is 64.8 Å². The lowest BCUT2D eigenvalue weighted by Crippen LogP contribution is -2.34. The molecule has 13 heteroatoms. The van der Waals surface area contributed by atoms with E-state index in [1.54, 1.807) is 50.2 Å². The van der Waals surface area contributed by atoms with E-state index in [1.807, 2.05) is 0 Å². The van der Waals surface area contributed by atoms with Crippen molar-refractivity contribution in [2.45, 2.75) is 57.6 Å². The van der Waals surface area contributed by atoms with Gasteiger partial charge in [-0.3, -0.25) is 4.18 Å². The third kappa shape index (κ3) is 7.99. The Morgan fingerprint density at radius 3 is 2.31 bits per heavy atom. The Bertz CT molecular complexity index is 1510. The summed E-state index contributed by atoms with van der Waals surface area (Å²) in [7, 11) is -9.45. The quantitative estimate of drug-likeness (QED) is 0.131. The van der Waals surface area contributed by atoms with Gasteiger partial charge in [0.1, 0.15) is 6.73 Å². The Kier molecular flexibility index (Phi) is 9.78. The molecular weight excluding hydrogens is 561 g/mol. The molecule has 3 rings (SSSR count). The van der Waals surface area contributed by atoms with Crippen LogP contribution in [0.3, 0.4) is 0 Å². The number of nitrogens with zero attached hydrogens (tertiary/aromatic N) is 2. The third-order valence-corrected chi connectivity index (χ3v) is 10.1. The average molecular weight is 597 g/mol. The number of aromatic nitrogens is 1. The number of aliphatic hydroxyl groups excluding tert-OH is 1. The van der Waals surface area contributed by atoms with Crippen LogP contribution in [0.1, 0.15) is 22.4 Å². The number of sulfonamides is 1. The predicted molar refractivity (Wildman–Crippen MR) is 152 cm³/mol. The van der Waals surface area contributed by atoms with E-state index < -0.39 is 28.2 Å². The second-order valence-electron chi connectivity index (χ2n) is 10.5. The number of benzene rings is 2. The molecule has 0 unspecified atom stereocenters. The molecule has 10 nitrogen and oxygen atoms in total. The van der Waals surface area contributed by atoms with Crippen LogP contribution < -0.4 is 4.31 Å². The minimum Gasteiger partial charge on any atom is -0.392 e. The smallest absolute Gasteiger partial charge is 0.269 e. The number of aryl methyl sites for hydroxylation is 1. The predicted octanol–water partition coefficient (Wildman–Crippen LogP) is 4.43. The first kappa shape index (κ1) is 31.0. The maximum atomic E-state index is 14.2. The van der Waals surface area contributed by atoms with Gasteiger partial charge in [0.15, 0.2) is 0 Å². The minimum atomic E-state index is -4.26. The number of rotatable bonds is 13. The largest absolute Gasteiger partial charge is 0.392 e. The Balaban J connectivity index is 2.11. The molecule has 0 aliphatic rings. The number of aliphatic hydroxyl groups is 1. The Morgan fingerprint density at radius 1 is 1.03 bits per heavy atom. The molecule has 0 aliphatic heterocycles. The summed E-state index contributed by atoms with van der Waals surface area (Å²) in [5.74, 6) is 0.0616. The summed E-state index contributed by atoms with van der Waals surface area (Å²) in [6.07, 6.45) is 0.933. The van der Waals surface area contributed by atoms with E-state index in [4.69, 9.17) is 13.4 Å². The molecule has 1 heterocycles. The lowest BCUT2D eigenvalue weighted by Gasteiger charge is -2.24. The molecule has 0 amide bonds. The molecule has 1 aromatic heterocycles. The van der Waals surface area contributed by atoms with Crippen LogP contribution in [0, 0.1) is 13.8 Å². The first-order valence-corrected chi connectivity index (χ1v) is 19.3. The van der Waals surface area contributed by atoms with Crippen LogP contribution >= 0.6 is 0 Å². The van der Waals surface area contributed by atoms with Gasteiger partial charge in [0, 0.05) is 25.8 Å². The molecule has 0 aliphatic carbocycles. The fraction of sp³-hybridized carbons (Fsp3) is 0.423. The van der Waals surface area contributed by atoms with Gasteiger partial charge in [-0.05, 0) is 42.6 Å². The van der Waals surface area contributed by atoms with E-state index in [2.05, 4.69) is 24.8 Å². The normalized spacial score (nSPS) is 12.6. The summed E-state index contributed by atoms with van der Waals surface area (Å²) >= 11 is 0. The average Bonchev–Trinajstić information content (AvgIpc) is 3.18. The lowest BCUT2D eigenvalue weighted by molar-refractivity contribution is 0.153. The van der Waals surface area contributed by atoms with Crippen LogP contribution in [0.5, 0.6) is 0 Å². The van der Waals surface area contributed by atoms with Crippen LogP contribution in [0.25, 0.3) is 11.1 Å². The summed E-state index contributed by atoms with van der Waals surface area (Å²) in [5.41, 5.74) is 2.82. The van der Waals surface area contributed by atoms with Gasteiger partial charge in [-0.15, -0.1) is 0 Å². The van der Waals surface area contributed by atoms with Crippen molar-refractivity contribution in [2.24, 2.45) is 0 Å². The van der Waals surface area contributed by atoms with Crippen LogP contribution in [0.2, 0.25) is 25.7 Å². The second kappa shape index (κ2) is 12.3. The molecule has 0 saturated carbocycles. The van der Waals surface area contributed by atoms with E-state index in [-0.39, 0.29) is 30.7 Å². The van der Waals surface area contributed by atoms with Crippen LogP contribution in [-0.2, 0) is 42.3 Å². The maximum Gasteiger partial charge on any atom is 0.269 e. The molecule has 2 aromatic carbocycles. The molecule has 0 bridgehead atoms. The first-order valence-electron chi connectivity index (χ1n) is 12.3. The standard InChI is InChI=1S/C26H36N2O8S2Si/c1-19-20(2)27-36-26(19)28(18-34-13-14-39(4,5)6)38(32,33)25-10-8-7-9-24(25)23-12-11-21(16-29)15-22(23)17-35-37(3,30)31/h7-12,15,29H,13-14,16-18H2,1-6H3. The van der Waals surface area contributed by atoms with Crippen molar-refractivity contribution in [1.82, 2.24) is 5.16 Å². The van der Waals surface area contributed by atoms with Gasteiger partial charge in [0.25, 0.3) is 20.1 Å². The highest BCUT2D eigenvalue weighted by molar-refractivity contribution is 7.93. The highest BCUT2D eigenvalue weighted by atomic mass is 32.2. The maximum absolute atomic E-state index is 14.2. The van der Waals surface area contributed by atoms with Gasteiger partial charge in [0.2, 0.25) is 5.88 Å². The first-order chi connectivity index (χ1) is 18.1. The summed E-state index contributed by atoms with van der Waals surface area (Å²) < 4.78 is 69.3. The summed E-state index contributed by atoms with van der Waals surface area (Å²) in [4.78, 5) is -0.0374. The number of anilines is 1. The SMILES string of the molecule is Cc1noc(N(COCC[Si](C)(C)C)S(=O)(=O)c2ccccc2-c2ccc(CO)cc2COS(C)(=O)=O)c1C. The topological polar surface area (TPSA) is 136 Å². The van der Waals surface area contributed by atoms with Gasteiger partial charge in [0.05, 0.1) is 30.1 Å². The molecule has 0 radical (unpaired) electrons. The van der Waals surface area contributed by atoms with Crippen molar-refractivity contribution in [3.8, 4) is 11.1 Å². The van der Waals surface area contributed by atoms with Gasteiger partial charge < -0.3 is 14.4 Å². The number of hydrogen-bond donors (Lipinski definition) is 1. The molecule has 39 heavy (non-hydrogen) atoms. The monoisotopic (exact) mass is 596 g/mol. The van der Waals surface area contributed by atoms with Gasteiger partial charge in [-0.25, -0.2) is 12.7 Å². The fourth-order valence-electron chi connectivity index (χ4n) is 3.73. The molecule has 3 aromatic rings. The van der Waals surface area contributed by atoms with E-state index in [1.165, 1.54) is 6.07 Å². The third-order valence-electron chi connectivity index (χ3n) is 6.09. The van der Waals surface area contributed by atoms with Crippen molar-refractivity contribution < 1.29 is 35.4 Å². The van der Waals surface area contributed by atoms with Crippen molar-refractivity contribution in [2.75, 3.05) is 23.9 Å². The molecule has 0 spiro atoms. The second-order valence-corrected chi connectivity index (χ2v) is 19.6. The van der Waals surface area contributed by atoms with E-state index in [0.717, 1.165) is 16.6 Å². The summed E-state index contributed by atoms with van der Waals surface area (Å²) in [6.45, 7) is 9.58. The minimum absolute atomic E-state index is 0.0374. The number of hydrogen-bond acceptors (Lipinski definition) is 9. The zero-order valence-corrected chi connectivity index (χ0v) is 25.7. The highest BCUT2D eigenvalue weighted by Crippen LogP contribution is 2.36. The van der Waals surface area contributed by atoms with Gasteiger partial charge in [-0.1, -0.05) is 61.2 Å². The van der Waals surface area contributed by atoms with Crippen molar-refractivity contribution in [3.63, 3.8) is 0 Å². The molecular formula is C26H36N2O8S2Si. The van der Waals surface area contributed by atoms with Crippen molar-refractivity contribution >= 4 is 34.1 Å². The van der Waals surface area contributed by atoms with Crippen molar-refractivity contribution in [1.29, 1.82) is 0 Å². The summed E-state index contributed by atoms with van der Waals surface area (Å²) in [5, 5.41) is 13.6. The zero-order valence-electron chi connectivity index (χ0n) is 23.1. The lowest BCUT2D eigenvalue weighted by atomic mass is 9.98. The van der Waals surface area contributed by atoms with Crippen LogP contribution in [0.15, 0.2) is 51.9 Å². The molecule has 0 atom stereocenters. The van der Waals surface area contributed by atoms with Crippen LogP contribution in [-0.4, -0.2) is 54.8 Å². The van der Waals surface area contributed by atoms with E-state index in [0.29, 0.717) is 40.1 Å².